The zero-order chi connectivity index (χ0) is 14.4. The molecule has 1 heterocycles. The summed E-state index contributed by atoms with van der Waals surface area (Å²) in [4.78, 5) is 3.63. The SMILES string of the molecule is N#C[C@H](c1ccccc1)[C@@H](CCO)c1ccc(F)nc1. The Hall–Kier alpha value is -2.25. The van der Waals surface area contributed by atoms with Crippen molar-refractivity contribution in [2.45, 2.75) is 18.3 Å². The van der Waals surface area contributed by atoms with Crippen LogP contribution in [-0.2, 0) is 0 Å². The van der Waals surface area contributed by atoms with E-state index in [2.05, 4.69) is 11.1 Å². The van der Waals surface area contributed by atoms with Gasteiger partial charge in [-0.15, -0.1) is 0 Å². The van der Waals surface area contributed by atoms with Crippen molar-refractivity contribution in [2.24, 2.45) is 0 Å². The lowest BCUT2D eigenvalue weighted by Gasteiger charge is -2.21. The Morgan fingerprint density at radius 2 is 1.90 bits per heavy atom. The van der Waals surface area contributed by atoms with Crippen molar-refractivity contribution in [1.82, 2.24) is 4.98 Å². The van der Waals surface area contributed by atoms with Crippen LogP contribution < -0.4 is 0 Å². The zero-order valence-electron chi connectivity index (χ0n) is 10.9. The Kier molecular flexibility index (Phi) is 4.80. The summed E-state index contributed by atoms with van der Waals surface area (Å²) in [6.45, 7) is -0.0347. The molecule has 0 fully saturated rings. The third-order valence-corrected chi connectivity index (χ3v) is 3.32. The van der Waals surface area contributed by atoms with E-state index in [1.165, 1.54) is 12.3 Å². The van der Waals surface area contributed by atoms with Crippen LogP contribution in [0.15, 0.2) is 48.7 Å². The predicted molar refractivity (Wildman–Crippen MR) is 73.4 cm³/mol. The van der Waals surface area contributed by atoms with Crippen molar-refractivity contribution in [3.63, 3.8) is 0 Å². The smallest absolute Gasteiger partial charge is 0.212 e. The van der Waals surface area contributed by atoms with E-state index in [0.717, 1.165) is 11.1 Å². The summed E-state index contributed by atoms with van der Waals surface area (Å²) < 4.78 is 12.9. The van der Waals surface area contributed by atoms with Gasteiger partial charge in [0.25, 0.3) is 0 Å². The molecule has 2 aromatic rings. The maximum atomic E-state index is 12.9. The number of hydrogen-bond acceptors (Lipinski definition) is 3. The molecule has 0 saturated heterocycles. The van der Waals surface area contributed by atoms with Crippen LogP contribution in [-0.4, -0.2) is 16.7 Å². The first-order valence-electron chi connectivity index (χ1n) is 6.43. The van der Waals surface area contributed by atoms with Gasteiger partial charge in [-0.2, -0.15) is 9.65 Å². The summed E-state index contributed by atoms with van der Waals surface area (Å²) in [7, 11) is 0. The average molecular weight is 270 g/mol. The zero-order valence-corrected chi connectivity index (χ0v) is 10.9. The van der Waals surface area contributed by atoms with Crippen LogP contribution in [0.4, 0.5) is 4.39 Å². The lowest BCUT2D eigenvalue weighted by Crippen LogP contribution is -2.12. The summed E-state index contributed by atoms with van der Waals surface area (Å²) >= 11 is 0. The Bertz CT molecular complexity index is 578. The molecule has 0 amide bonds. The molecule has 3 nitrogen and oxygen atoms in total. The number of rotatable bonds is 5. The fraction of sp³-hybridized carbons (Fsp3) is 0.250. The maximum absolute atomic E-state index is 12.9. The number of nitrogens with zero attached hydrogens (tertiary/aromatic N) is 2. The summed E-state index contributed by atoms with van der Waals surface area (Å²) in [5.74, 6) is -1.15. The van der Waals surface area contributed by atoms with E-state index in [4.69, 9.17) is 0 Å². The number of halogens is 1. The van der Waals surface area contributed by atoms with Crippen LogP contribution in [0.3, 0.4) is 0 Å². The second kappa shape index (κ2) is 6.78. The molecular formula is C16H15FN2O. The van der Waals surface area contributed by atoms with E-state index in [9.17, 15) is 14.8 Å². The normalized spacial score (nSPS) is 13.4. The predicted octanol–water partition coefficient (Wildman–Crippen LogP) is 2.99. The summed E-state index contributed by atoms with van der Waals surface area (Å²) in [6, 6.07) is 14.6. The molecule has 0 bridgehead atoms. The Morgan fingerprint density at radius 3 is 2.45 bits per heavy atom. The molecule has 1 aromatic carbocycles. The van der Waals surface area contributed by atoms with Crippen LogP contribution in [0.25, 0.3) is 0 Å². The number of aliphatic hydroxyl groups is 1. The molecule has 0 aliphatic heterocycles. The Morgan fingerprint density at radius 1 is 1.15 bits per heavy atom. The first-order chi connectivity index (χ1) is 9.76. The molecule has 2 atom stereocenters. The highest BCUT2D eigenvalue weighted by molar-refractivity contribution is 5.32. The summed E-state index contributed by atoms with van der Waals surface area (Å²) in [6.07, 6.45) is 1.86. The van der Waals surface area contributed by atoms with Crippen LogP contribution >= 0.6 is 0 Å². The highest BCUT2D eigenvalue weighted by atomic mass is 19.1. The number of aliphatic hydroxyl groups excluding tert-OH is 1. The van der Waals surface area contributed by atoms with Crippen molar-refractivity contribution in [2.75, 3.05) is 6.61 Å². The van der Waals surface area contributed by atoms with E-state index in [1.807, 2.05) is 30.3 Å². The molecular weight excluding hydrogens is 255 g/mol. The van der Waals surface area contributed by atoms with Gasteiger partial charge in [-0.25, -0.2) is 4.98 Å². The fourth-order valence-electron chi connectivity index (χ4n) is 2.33. The van der Waals surface area contributed by atoms with Gasteiger partial charge in [-0.1, -0.05) is 36.4 Å². The molecule has 2 rings (SSSR count). The first kappa shape index (κ1) is 14.2. The summed E-state index contributed by atoms with van der Waals surface area (Å²) in [5.41, 5.74) is 1.65. The van der Waals surface area contributed by atoms with E-state index < -0.39 is 11.9 Å². The topological polar surface area (TPSA) is 56.9 Å². The van der Waals surface area contributed by atoms with Gasteiger partial charge in [0.2, 0.25) is 5.95 Å². The van der Waals surface area contributed by atoms with E-state index in [0.29, 0.717) is 6.42 Å². The molecule has 0 aliphatic rings. The van der Waals surface area contributed by atoms with E-state index >= 15 is 0 Å². The third kappa shape index (κ3) is 3.19. The van der Waals surface area contributed by atoms with Gasteiger partial charge in [0.1, 0.15) is 0 Å². The molecule has 0 aliphatic carbocycles. The van der Waals surface area contributed by atoms with Crippen LogP contribution in [0, 0.1) is 17.3 Å². The van der Waals surface area contributed by atoms with Crippen LogP contribution in [0.2, 0.25) is 0 Å². The molecule has 0 unspecified atom stereocenters. The van der Waals surface area contributed by atoms with Gasteiger partial charge in [-0.3, -0.25) is 0 Å². The molecule has 0 spiro atoms. The minimum atomic E-state index is -0.551. The number of benzene rings is 1. The minimum Gasteiger partial charge on any atom is -0.396 e. The molecule has 20 heavy (non-hydrogen) atoms. The summed E-state index contributed by atoms with van der Waals surface area (Å²) in [5, 5.41) is 18.7. The van der Waals surface area contributed by atoms with E-state index in [1.54, 1.807) is 6.07 Å². The van der Waals surface area contributed by atoms with Crippen molar-refractivity contribution in [3.05, 3.63) is 65.7 Å². The monoisotopic (exact) mass is 270 g/mol. The van der Waals surface area contributed by atoms with E-state index in [-0.39, 0.29) is 12.5 Å². The average Bonchev–Trinajstić information content (AvgIpc) is 2.49. The van der Waals surface area contributed by atoms with Gasteiger partial charge in [0, 0.05) is 18.7 Å². The fourth-order valence-corrected chi connectivity index (χ4v) is 2.33. The number of aromatic nitrogens is 1. The van der Waals surface area contributed by atoms with Gasteiger partial charge in [-0.05, 0) is 23.6 Å². The molecule has 1 N–H and O–H groups in total. The quantitative estimate of drug-likeness (QED) is 0.850. The Balaban J connectivity index is 2.36. The Labute approximate surface area is 117 Å². The van der Waals surface area contributed by atoms with Crippen molar-refractivity contribution in [3.8, 4) is 6.07 Å². The number of pyridine rings is 1. The minimum absolute atomic E-state index is 0.0347. The molecule has 0 saturated carbocycles. The lowest BCUT2D eigenvalue weighted by atomic mass is 9.81. The number of hydrogen-bond donors (Lipinski definition) is 1. The van der Waals surface area contributed by atoms with Crippen molar-refractivity contribution >= 4 is 0 Å². The highest BCUT2D eigenvalue weighted by Crippen LogP contribution is 2.34. The standard InChI is InChI=1S/C16H15FN2O/c17-16-7-6-13(11-19-16)14(8-9-20)15(10-18)12-4-2-1-3-5-12/h1-7,11,14-15,20H,8-9H2/t14-,15+/m0/s1. The van der Waals surface area contributed by atoms with Gasteiger partial charge in [0.15, 0.2) is 0 Å². The molecule has 0 radical (unpaired) electrons. The van der Waals surface area contributed by atoms with Crippen LogP contribution in [0.1, 0.15) is 29.4 Å². The molecule has 4 heteroatoms. The third-order valence-electron chi connectivity index (χ3n) is 3.32. The largest absolute Gasteiger partial charge is 0.396 e. The second-order valence-electron chi connectivity index (χ2n) is 4.55. The molecule has 102 valence electrons. The maximum Gasteiger partial charge on any atom is 0.212 e. The second-order valence-corrected chi connectivity index (χ2v) is 4.55. The highest BCUT2D eigenvalue weighted by Gasteiger charge is 2.24. The van der Waals surface area contributed by atoms with Crippen LogP contribution in [0.5, 0.6) is 0 Å². The van der Waals surface area contributed by atoms with Crippen molar-refractivity contribution in [1.29, 1.82) is 5.26 Å². The molecule has 1 aromatic heterocycles. The van der Waals surface area contributed by atoms with Gasteiger partial charge in [0.05, 0.1) is 12.0 Å². The van der Waals surface area contributed by atoms with Crippen molar-refractivity contribution < 1.29 is 9.50 Å². The van der Waals surface area contributed by atoms with Gasteiger partial charge >= 0.3 is 0 Å². The lowest BCUT2D eigenvalue weighted by molar-refractivity contribution is 0.272. The van der Waals surface area contributed by atoms with Gasteiger partial charge < -0.3 is 5.11 Å². The first-order valence-corrected chi connectivity index (χ1v) is 6.43. The number of nitriles is 1.